The van der Waals surface area contributed by atoms with Gasteiger partial charge in [0, 0.05) is 65.5 Å². The van der Waals surface area contributed by atoms with E-state index in [9.17, 15) is 34.0 Å². The number of nitrogens with one attached hydrogen (secondary N) is 3. The smallest absolute Gasteiger partial charge is 0.351 e. The molecule has 16 rings (SSSR count). The van der Waals surface area contributed by atoms with Crippen molar-refractivity contribution in [2.75, 3.05) is 163 Å². The number of methoxy groups -OCH3 is 5. The second-order valence-corrected chi connectivity index (χ2v) is 46.8. The number of H-pyrrole nitrogens is 3. The van der Waals surface area contributed by atoms with Gasteiger partial charge in [-0.1, -0.05) is 47.2 Å². The van der Waals surface area contributed by atoms with Gasteiger partial charge in [0.05, 0.1) is 137 Å². The number of hydrogen-bond donors (Lipinski definition) is 9. The number of anilines is 5. The second kappa shape index (κ2) is 47.9. The Labute approximate surface area is 854 Å². The normalized spacial score (nSPS) is 29.0. The molecule has 808 valence electrons. The fourth-order valence-electron chi connectivity index (χ4n) is 16.8. The monoisotopic (exact) mass is 2260 g/mol. The van der Waals surface area contributed by atoms with Crippen LogP contribution in [0.2, 0.25) is 0 Å². The first-order valence-corrected chi connectivity index (χ1v) is 57.2. The average Bonchev–Trinajstić information content (AvgIpc) is 1.61. The number of fused-ring (bicyclic) bond motifs is 4. The third-order valence-electron chi connectivity index (χ3n) is 23.7. The Morgan fingerprint density at radius 3 is 1.20 bits per heavy atom. The fourth-order valence-corrected chi connectivity index (χ4v) is 24.0. The summed E-state index contributed by atoms with van der Waals surface area (Å²) >= 11 is 28.4. The highest BCUT2D eigenvalue weighted by Crippen LogP contribution is 2.57. The lowest BCUT2D eigenvalue weighted by atomic mass is 10.1. The number of aromatic amines is 3. The zero-order valence-corrected chi connectivity index (χ0v) is 87.2. The van der Waals surface area contributed by atoms with Gasteiger partial charge in [0.2, 0.25) is 11.9 Å². The number of aromatic nitrogens is 20. The molecule has 0 saturated carbocycles. The molecule has 10 aromatic heterocycles. The summed E-state index contributed by atoms with van der Waals surface area (Å²) in [7, 11) is 6.78. The van der Waals surface area contributed by atoms with Gasteiger partial charge in [-0.25, -0.2) is 49.5 Å². The highest BCUT2D eigenvalue weighted by Gasteiger charge is 2.57. The van der Waals surface area contributed by atoms with Crippen LogP contribution in [0.1, 0.15) is 61.8 Å². The molecule has 6 aliphatic rings. The van der Waals surface area contributed by atoms with Gasteiger partial charge in [-0.05, 0) is 20.8 Å². The lowest BCUT2D eigenvalue weighted by Crippen LogP contribution is -2.42. The second-order valence-electron chi connectivity index (χ2n) is 33.3. The molecular formula is C75H101N25O37P5S5-5. The van der Waals surface area contributed by atoms with Gasteiger partial charge in [-0.3, -0.25) is 61.3 Å². The van der Waals surface area contributed by atoms with E-state index in [0.29, 0.717) is 16.7 Å². The molecule has 28 atom stereocenters. The van der Waals surface area contributed by atoms with Gasteiger partial charge in [-0.2, -0.15) is 15.0 Å². The minimum atomic E-state index is -5.37. The van der Waals surface area contributed by atoms with Crippen molar-refractivity contribution >= 4 is 167 Å². The minimum absolute atomic E-state index is 0.0246. The summed E-state index contributed by atoms with van der Waals surface area (Å²) < 4.78 is 181. The molecule has 0 amide bonds. The Kier molecular flexibility index (Phi) is 36.5. The summed E-state index contributed by atoms with van der Waals surface area (Å²) in [6.45, 7) is -27.9. The third kappa shape index (κ3) is 25.7. The summed E-state index contributed by atoms with van der Waals surface area (Å²) in [5, 5.41) is 11.8. The predicted octanol–water partition coefficient (Wildman–Crippen LogP) is -4.42. The van der Waals surface area contributed by atoms with E-state index >= 15 is 19.2 Å². The van der Waals surface area contributed by atoms with E-state index in [1.807, 2.05) is 0 Å². The molecule has 16 heterocycles. The van der Waals surface area contributed by atoms with Crippen LogP contribution in [0.3, 0.4) is 0 Å². The first-order chi connectivity index (χ1) is 70.1. The van der Waals surface area contributed by atoms with E-state index in [0.717, 1.165) is 34.3 Å². The molecule has 6 saturated heterocycles. The molecule has 10 unspecified atom stereocenters. The van der Waals surface area contributed by atoms with Crippen molar-refractivity contribution in [1.29, 1.82) is 0 Å². The Hall–Kier alpha value is -7.70. The lowest BCUT2D eigenvalue weighted by Gasteiger charge is -2.38. The Morgan fingerprint density at radius 1 is 0.408 bits per heavy atom. The highest BCUT2D eigenvalue weighted by atomic mass is 32.7. The molecular weight excluding hydrogens is 2160 g/mol. The molecule has 147 heavy (non-hydrogen) atoms. The number of aryl methyl sites for hydroxylation is 2. The van der Waals surface area contributed by atoms with Crippen molar-refractivity contribution in [2.24, 2.45) is 0 Å². The summed E-state index contributed by atoms with van der Waals surface area (Å²) in [5.41, 5.74) is 26.1. The van der Waals surface area contributed by atoms with Crippen molar-refractivity contribution in [3.05, 3.63) is 114 Å². The standard InChI is InChI=1S/C75H106N25O37P5S5/c1-33-20-95(74(105)89-57(33)76)67-52(117-14-9-112-4)47(101)37(128-67)22-122-139(108,144)135-50-40(131-70(55(50)120-17-12-115-7)99-31-87-45-62(99)90-72(79)92-65(45)103)25-125-140(109,145)134-48-38(129-68(53(48)118-15-10-113-5)96-21-34(2)64(102)94-75(96)106)24-124-141(110,146)137-51-41(132-71(56(51)121-18-13-116-8)100-32-88-46-63(100)91-73(80)93-66(46)104)26-126-142(111,147)136-49-39(130-69(54(49)119-16-11-114-6)98-30-86-44-59(78)82-28-84-61(44)98)23-123-138(107,143)133-36-19-42(127-35(36)3)97-29-85-43-58(77)81-27-83-60(43)97/h20-21,27-32,35-42,47-56,67-71,101H,9-19,22-26H2,1-8H3,(H,107,143)(H,108,144)(H,109,145)(H,110,146)(H,111,147)(H2,76,89,105)(H2,77,81,83)(H2,78,82,84)(H,94,102,106)(H3,79,90,92,103)(H3,80,91,93,104)/p-5/t35-,36-,37-,38-,39-,40-,41-,42-,47+,48+,49+,50+,51+,52?,53?,54?,55?,56?,67-,68-,69-,70-,71-,138?,139?,140?,141?,142?/m1/s1. The molecule has 72 heteroatoms. The molecule has 62 nitrogen and oxygen atoms in total. The van der Waals surface area contributed by atoms with Crippen LogP contribution < -0.4 is 76.3 Å². The highest BCUT2D eigenvalue weighted by molar-refractivity contribution is 8.32. The first-order valence-electron chi connectivity index (χ1n) is 44.4. The van der Waals surface area contributed by atoms with Crippen molar-refractivity contribution in [1.82, 2.24) is 97.2 Å². The first kappa shape index (κ1) is 112. The zero-order chi connectivity index (χ0) is 105. The summed E-state index contributed by atoms with van der Waals surface area (Å²) in [4.78, 5) is 182. The van der Waals surface area contributed by atoms with Gasteiger partial charge in [0.15, 0.2) is 83.2 Å². The Morgan fingerprint density at radius 2 is 0.762 bits per heavy atom. The lowest BCUT2D eigenvalue weighted by molar-refractivity contribution is -0.223. The van der Waals surface area contributed by atoms with Crippen molar-refractivity contribution in [3.8, 4) is 0 Å². The number of aliphatic hydroxyl groups is 1. The number of hydrogen-bond acceptors (Lipinski definition) is 58. The fraction of sp³-hybridized carbons (Fsp3) is 0.627. The molecule has 6 fully saturated rings. The maximum atomic E-state index is 15.8. The van der Waals surface area contributed by atoms with Crippen molar-refractivity contribution in [3.63, 3.8) is 0 Å². The Bertz CT molecular complexity index is 6900. The predicted molar refractivity (Wildman–Crippen MR) is 512 cm³/mol. The number of nitrogens with zero attached hydrogens (tertiary/aromatic N) is 17. The van der Waals surface area contributed by atoms with Crippen LogP contribution in [0.25, 0.3) is 44.7 Å². The molecule has 0 bridgehead atoms. The number of nitrogens with two attached hydrogens (primary N) is 5. The maximum absolute atomic E-state index is 15.8. The molecule has 14 N–H and O–H groups in total. The average molecular weight is 2260 g/mol. The number of nitrogen functional groups attached to an aromatic ring is 5. The van der Waals surface area contributed by atoms with E-state index in [-0.39, 0.29) is 135 Å². The summed E-state index contributed by atoms with van der Waals surface area (Å²) in [5.74, 6) is -0.818. The molecule has 0 aromatic carbocycles. The van der Waals surface area contributed by atoms with Gasteiger partial charge in [-0.15, -0.1) is 0 Å². The van der Waals surface area contributed by atoms with Gasteiger partial charge >= 0.3 is 11.4 Å². The Balaban J connectivity index is 0.692. The van der Waals surface area contributed by atoms with Crippen LogP contribution in [-0.2, 0) is 185 Å². The SMILES string of the molecule is COCCOC1[C@@H](O)[C@@H](COP([O-])(=S)O[C@@H]2C(OCCOC)[C@H](n3cnc4c(=O)[nH]c(N)nc43)O[C@@H]2COP([O-])(=S)O[C@@H]2C(OCCOC)[C@H](n3cc(C)c(=O)[nH]c3=O)O[C@@H]2COP([O-])(=S)O[C@@H]2C(OCCOC)[C@H](n3cnc4c(=O)[nH]c(N)nc43)O[C@@H]2COP(=O)([S-])O[C@@H]2C(OCCOC)[C@H](n3cnc4c(N)ncnc43)O[C@@H]2COP([O-])(=S)O[C@@H]2C[C@H](n3cnc4c(N)ncnc43)O[C@@H]2C)O[C@H]1n1cc(C)c(N)nc1=O. The van der Waals surface area contributed by atoms with Crippen LogP contribution >= 0.6 is 33.7 Å². The van der Waals surface area contributed by atoms with Gasteiger partial charge < -0.3 is 187 Å². The number of aliphatic hydroxyl groups excluding tert-OH is 1. The quantitative estimate of drug-likeness (QED) is 0.00987. The van der Waals surface area contributed by atoms with Gasteiger partial charge in [0.25, 0.3) is 16.7 Å². The van der Waals surface area contributed by atoms with E-state index in [4.69, 9.17) is 209 Å². The zero-order valence-electron chi connectivity index (χ0n) is 78.6. The summed E-state index contributed by atoms with van der Waals surface area (Å²) in [6.07, 6.45) is -26.0. The van der Waals surface area contributed by atoms with Gasteiger partial charge in [0.1, 0.15) is 154 Å². The summed E-state index contributed by atoms with van der Waals surface area (Å²) in [6, 6.07) is 0. The number of ether oxygens (including phenoxy) is 16. The van der Waals surface area contributed by atoms with E-state index in [1.54, 1.807) is 18.4 Å². The molecule has 0 spiro atoms. The van der Waals surface area contributed by atoms with E-state index in [2.05, 4.69) is 69.8 Å². The van der Waals surface area contributed by atoms with Crippen LogP contribution in [0, 0.1) is 13.8 Å². The van der Waals surface area contributed by atoms with Crippen LogP contribution in [0.4, 0.5) is 29.4 Å². The maximum Gasteiger partial charge on any atom is 0.351 e. The molecule has 0 radical (unpaired) electrons. The van der Waals surface area contributed by atoms with Crippen molar-refractivity contribution in [2.45, 2.75) is 168 Å². The molecule has 6 aliphatic heterocycles. The van der Waals surface area contributed by atoms with Crippen LogP contribution in [-0.4, -0.2) is 341 Å². The number of imidazole rings is 4. The largest absolute Gasteiger partial charge is 0.780 e. The molecule has 0 aliphatic carbocycles. The number of rotatable bonds is 51. The van der Waals surface area contributed by atoms with E-state index < -0.39 is 242 Å². The third-order valence-corrected chi connectivity index (χ3v) is 31.4. The van der Waals surface area contributed by atoms with Crippen LogP contribution in [0.5, 0.6) is 0 Å². The van der Waals surface area contributed by atoms with E-state index in [1.165, 1.54) is 81.4 Å². The van der Waals surface area contributed by atoms with Crippen LogP contribution in [0.15, 0.2) is 74.3 Å². The van der Waals surface area contributed by atoms with Crippen molar-refractivity contribution < 1.29 is 150 Å². The molecule has 10 aromatic rings. The minimum Gasteiger partial charge on any atom is -0.780 e. The topological polar surface area (TPSA) is 804 Å².